The van der Waals surface area contributed by atoms with Crippen LogP contribution in [0.3, 0.4) is 0 Å². The van der Waals surface area contributed by atoms with Gasteiger partial charge >= 0.3 is 6.18 Å². The predicted molar refractivity (Wildman–Crippen MR) is 68.9 cm³/mol. The summed E-state index contributed by atoms with van der Waals surface area (Å²) in [7, 11) is 0. The van der Waals surface area contributed by atoms with Crippen LogP contribution in [0, 0.1) is 5.92 Å². The molecule has 0 aliphatic carbocycles. The smallest absolute Gasteiger partial charge is 0.351 e. The molecule has 2 N–H and O–H groups in total. The number of halogens is 3. The Hall–Kier alpha value is -1.56. The second-order valence-electron chi connectivity index (χ2n) is 5.11. The fraction of sp³-hybridized carbons (Fsp3) is 0.500. The topological polar surface area (TPSA) is 41.1 Å². The molecular formula is C14H17F3N2O. The zero-order valence-corrected chi connectivity index (χ0v) is 11.1. The molecule has 0 radical (unpaired) electrons. The molecule has 0 saturated carbocycles. The van der Waals surface area contributed by atoms with Crippen molar-refractivity contribution in [2.75, 3.05) is 6.54 Å². The number of nitrogens with one attached hydrogen (secondary N) is 2. The fourth-order valence-corrected chi connectivity index (χ4v) is 2.34. The summed E-state index contributed by atoms with van der Waals surface area (Å²) in [4.78, 5) is 11.9. The minimum Gasteiger partial charge on any atom is -0.351 e. The Balaban J connectivity index is 1.95. The normalized spacial score (nSPS) is 22.8. The molecule has 2 unspecified atom stereocenters. The van der Waals surface area contributed by atoms with Crippen LogP contribution < -0.4 is 10.6 Å². The van der Waals surface area contributed by atoms with E-state index in [9.17, 15) is 18.0 Å². The van der Waals surface area contributed by atoms with Gasteiger partial charge in [-0.05, 0) is 36.6 Å². The molecule has 1 aromatic rings. The first-order valence-corrected chi connectivity index (χ1v) is 6.55. The van der Waals surface area contributed by atoms with Crippen LogP contribution in [0.5, 0.6) is 0 Å². The molecule has 1 heterocycles. The summed E-state index contributed by atoms with van der Waals surface area (Å²) < 4.78 is 37.7. The summed E-state index contributed by atoms with van der Waals surface area (Å²) in [5, 5.41) is 5.77. The molecule has 2 atom stereocenters. The Morgan fingerprint density at radius 3 is 2.80 bits per heavy atom. The maximum Gasteiger partial charge on any atom is 0.416 e. The maximum atomic E-state index is 12.6. The van der Waals surface area contributed by atoms with E-state index >= 15 is 0 Å². The first-order valence-electron chi connectivity index (χ1n) is 6.55. The van der Waals surface area contributed by atoms with Crippen molar-refractivity contribution in [1.82, 2.24) is 10.6 Å². The quantitative estimate of drug-likeness (QED) is 0.895. The SMILES string of the molecule is CC1CCNC1C(=O)NCc1cccc(C(F)(F)F)c1. The van der Waals surface area contributed by atoms with Crippen LogP contribution in [0.25, 0.3) is 0 Å². The molecule has 0 bridgehead atoms. The summed E-state index contributed by atoms with van der Waals surface area (Å²) in [5.74, 6) is 0.0870. The summed E-state index contributed by atoms with van der Waals surface area (Å²) in [5.41, 5.74) is -0.254. The van der Waals surface area contributed by atoms with E-state index in [2.05, 4.69) is 10.6 Å². The maximum absolute atomic E-state index is 12.6. The van der Waals surface area contributed by atoms with Crippen molar-refractivity contribution in [2.45, 2.75) is 32.1 Å². The molecule has 1 fully saturated rings. The molecule has 1 aliphatic rings. The van der Waals surface area contributed by atoms with E-state index in [1.54, 1.807) is 6.07 Å². The summed E-state index contributed by atoms with van der Waals surface area (Å²) in [6, 6.07) is 4.75. The third-order valence-corrected chi connectivity index (χ3v) is 3.54. The van der Waals surface area contributed by atoms with Gasteiger partial charge in [-0.15, -0.1) is 0 Å². The third kappa shape index (κ3) is 3.50. The summed E-state index contributed by atoms with van der Waals surface area (Å²) >= 11 is 0. The summed E-state index contributed by atoms with van der Waals surface area (Å²) in [6.45, 7) is 2.88. The third-order valence-electron chi connectivity index (χ3n) is 3.54. The highest BCUT2D eigenvalue weighted by atomic mass is 19.4. The lowest BCUT2D eigenvalue weighted by Crippen LogP contribution is -2.42. The zero-order valence-electron chi connectivity index (χ0n) is 11.1. The molecule has 0 spiro atoms. The average molecular weight is 286 g/mol. The lowest BCUT2D eigenvalue weighted by Gasteiger charge is -2.16. The Bertz CT molecular complexity index is 488. The number of hydrogen-bond donors (Lipinski definition) is 2. The van der Waals surface area contributed by atoms with Gasteiger partial charge in [-0.1, -0.05) is 19.1 Å². The summed E-state index contributed by atoms with van der Waals surface area (Å²) in [6.07, 6.45) is -3.43. The van der Waals surface area contributed by atoms with Crippen LogP contribution >= 0.6 is 0 Å². The highest BCUT2D eigenvalue weighted by molar-refractivity contribution is 5.82. The molecule has 6 heteroatoms. The molecule has 1 aliphatic heterocycles. The number of hydrogen-bond acceptors (Lipinski definition) is 2. The van der Waals surface area contributed by atoms with Crippen molar-refractivity contribution in [3.8, 4) is 0 Å². The van der Waals surface area contributed by atoms with E-state index in [4.69, 9.17) is 0 Å². The predicted octanol–water partition coefficient (Wildman–Crippen LogP) is 2.32. The van der Waals surface area contributed by atoms with E-state index in [-0.39, 0.29) is 24.4 Å². The Morgan fingerprint density at radius 2 is 2.20 bits per heavy atom. The number of amides is 1. The van der Waals surface area contributed by atoms with Gasteiger partial charge in [-0.25, -0.2) is 0 Å². The van der Waals surface area contributed by atoms with Crippen molar-refractivity contribution in [3.05, 3.63) is 35.4 Å². The van der Waals surface area contributed by atoms with Crippen LogP contribution in [0.4, 0.5) is 13.2 Å². The molecule has 110 valence electrons. The van der Waals surface area contributed by atoms with E-state index in [1.165, 1.54) is 6.07 Å². The molecular weight excluding hydrogens is 269 g/mol. The van der Waals surface area contributed by atoms with Crippen LogP contribution in [-0.4, -0.2) is 18.5 Å². The van der Waals surface area contributed by atoms with Gasteiger partial charge in [0, 0.05) is 6.54 Å². The largest absolute Gasteiger partial charge is 0.416 e. The Labute approximate surface area is 115 Å². The van der Waals surface area contributed by atoms with Gasteiger partial charge in [0.15, 0.2) is 0 Å². The minimum atomic E-state index is -4.36. The van der Waals surface area contributed by atoms with Crippen molar-refractivity contribution in [3.63, 3.8) is 0 Å². The van der Waals surface area contributed by atoms with Crippen LogP contribution in [0.1, 0.15) is 24.5 Å². The lowest BCUT2D eigenvalue weighted by atomic mass is 10.0. The second-order valence-corrected chi connectivity index (χ2v) is 5.11. The average Bonchev–Trinajstić information content (AvgIpc) is 2.82. The zero-order chi connectivity index (χ0) is 14.8. The van der Waals surface area contributed by atoms with Gasteiger partial charge in [0.25, 0.3) is 0 Å². The second kappa shape index (κ2) is 5.83. The first kappa shape index (κ1) is 14.8. The fourth-order valence-electron chi connectivity index (χ4n) is 2.34. The molecule has 3 nitrogen and oxygen atoms in total. The van der Waals surface area contributed by atoms with Gasteiger partial charge < -0.3 is 10.6 Å². The molecule has 20 heavy (non-hydrogen) atoms. The van der Waals surface area contributed by atoms with Crippen molar-refractivity contribution in [1.29, 1.82) is 0 Å². The first-order chi connectivity index (χ1) is 9.38. The standard InChI is InChI=1S/C14H17F3N2O/c1-9-5-6-18-12(9)13(20)19-8-10-3-2-4-11(7-10)14(15,16)17/h2-4,7,9,12,18H,5-6,8H2,1H3,(H,19,20). The van der Waals surface area contributed by atoms with Gasteiger partial charge in [0.05, 0.1) is 11.6 Å². The number of benzene rings is 1. The monoisotopic (exact) mass is 286 g/mol. The van der Waals surface area contributed by atoms with Gasteiger partial charge in [0.1, 0.15) is 0 Å². The minimum absolute atomic E-state index is 0.105. The van der Waals surface area contributed by atoms with Gasteiger partial charge in [-0.2, -0.15) is 13.2 Å². The number of carbonyl (C=O) groups is 1. The molecule has 2 rings (SSSR count). The molecule has 1 saturated heterocycles. The van der Waals surface area contributed by atoms with Crippen molar-refractivity contribution in [2.24, 2.45) is 5.92 Å². The lowest BCUT2D eigenvalue weighted by molar-refractivity contribution is -0.137. The number of alkyl halides is 3. The highest BCUT2D eigenvalue weighted by Gasteiger charge is 2.31. The molecule has 1 amide bonds. The van der Waals surface area contributed by atoms with E-state index in [0.29, 0.717) is 5.56 Å². The van der Waals surface area contributed by atoms with E-state index in [0.717, 1.165) is 25.1 Å². The molecule has 1 aromatic carbocycles. The van der Waals surface area contributed by atoms with Crippen molar-refractivity contribution >= 4 is 5.91 Å². The van der Waals surface area contributed by atoms with Gasteiger partial charge in [0.2, 0.25) is 5.91 Å². The Kier molecular flexibility index (Phi) is 4.32. The number of carbonyl (C=O) groups excluding carboxylic acids is 1. The molecule has 0 aromatic heterocycles. The van der Waals surface area contributed by atoms with Crippen LogP contribution in [-0.2, 0) is 17.5 Å². The van der Waals surface area contributed by atoms with E-state index in [1.807, 2.05) is 6.92 Å². The highest BCUT2D eigenvalue weighted by Crippen LogP contribution is 2.29. The van der Waals surface area contributed by atoms with Crippen LogP contribution in [0.15, 0.2) is 24.3 Å². The Morgan fingerprint density at radius 1 is 1.45 bits per heavy atom. The number of rotatable bonds is 3. The van der Waals surface area contributed by atoms with Crippen LogP contribution in [0.2, 0.25) is 0 Å². The van der Waals surface area contributed by atoms with Crippen molar-refractivity contribution < 1.29 is 18.0 Å². The van der Waals surface area contributed by atoms with E-state index < -0.39 is 11.7 Å². The van der Waals surface area contributed by atoms with Gasteiger partial charge in [-0.3, -0.25) is 4.79 Å².